The number of carbonyl (C=O) groups excluding carboxylic acids is 1. The van der Waals surface area contributed by atoms with Crippen LogP contribution in [0.5, 0.6) is 0 Å². The van der Waals surface area contributed by atoms with Gasteiger partial charge in [0.15, 0.2) is 0 Å². The molecule has 1 fully saturated rings. The Morgan fingerprint density at radius 3 is 2.50 bits per heavy atom. The van der Waals surface area contributed by atoms with Crippen molar-refractivity contribution in [3.63, 3.8) is 0 Å². The van der Waals surface area contributed by atoms with Gasteiger partial charge in [0.2, 0.25) is 5.91 Å². The van der Waals surface area contributed by atoms with Gasteiger partial charge in [-0.15, -0.1) is 0 Å². The van der Waals surface area contributed by atoms with Crippen LogP contribution >= 0.6 is 11.8 Å². The zero-order valence-electron chi connectivity index (χ0n) is 9.56. The number of carbonyl (C=O) groups is 1. The van der Waals surface area contributed by atoms with E-state index in [1.54, 1.807) is 16.7 Å². The van der Waals surface area contributed by atoms with Crippen LogP contribution in [-0.2, 0) is 4.79 Å². The number of benzene rings is 1. The first kappa shape index (κ1) is 11.3. The van der Waals surface area contributed by atoms with E-state index in [0.717, 1.165) is 11.4 Å². The molecule has 3 heteroatoms. The van der Waals surface area contributed by atoms with Gasteiger partial charge in [0.1, 0.15) is 0 Å². The van der Waals surface area contributed by atoms with Crippen molar-refractivity contribution in [3.05, 3.63) is 42.1 Å². The molecule has 1 heterocycles. The second-order valence-electron chi connectivity index (χ2n) is 3.98. The average Bonchev–Trinajstić information content (AvgIpc) is 2.56. The average molecular weight is 233 g/mol. The highest BCUT2D eigenvalue weighted by atomic mass is 32.2. The van der Waals surface area contributed by atoms with E-state index in [4.69, 9.17) is 0 Å². The highest BCUT2D eigenvalue weighted by molar-refractivity contribution is 7.99. The quantitative estimate of drug-likeness (QED) is 0.782. The van der Waals surface area contributed by atoms with E-state index in [9.17, 15) is 4.79 Å². The second kappa shape index (κ2) is 4.34. The Balaban J connectivity index is 2.31. The van der Waals surface area contributed by atoms with Crippen LogP contribution in [0.25, 0.3) is 0 Å². The summed E-state index contributed by atoms with van der Waals surface area (Å²) in [6.07, 6.45) is 2.58. The lowest BCUT2D eigenvalue weighted by atomic mass is 10.2. The van der Waals surface area contributed by atoms with Crippen LogP contribution in [0.2, 0.25) is 0 Å². The minimum Gasteiger partial charge on any atom is -0.284 e. The molecule has 1 atom stereocenters. The van der Waals surface area contributed by atoms with Crippen LogP contribution in [0.1, 0.15) is 12.0 Å². The molecule has 0 bridgehead atoms. The number of thioether (sulfide) groups is 1. The summed E-state index contributed by atoms with van der Waals surface area (Å²) >= 11 is 1.68. The molecule has 1 unspecified atom stereocenters. The van der Waals surface area contributed by atoms with Crippen molar-refractivity contribution in [1.29, 1.82) is 0 Å². The van der Waals surface area contributed by atoms with Gasteiger partial charge in [0.25, 0.3) is 0 Å². The van der Waals surface area contributed by atoms with E-state index >= 15 is 0 Å². The monoisotopic (exact) mass is 233 g/mol. The molecule has 2 nitrogen and oxygen atoms in total. The van der Waals surface area contributed by atoms with Crippen LogP contribution in [-0.4, -0.2) is 17.4 Å². The standard InChI is InChI=1S/C13H15NOS/c1-9-4-6-11(7-5-9)14-10(2)12(16-3)8-13(14)15/h4-7,12H,2,8H2,1,3H3. The van der Waals surface area contributed by atoms with Gasteiger partial charge in [-0.2, -0.15) is 11.8 Å². The Hall–Kier alpha value is -1.22. The molecule has 0 radical (unpaired) electrons. The number of aryl methyl sites for hydroxylation is 1. The fourth-order valence-corrected chi connectivity index (χ4v) is 2.58. The van der Waals surface area contributed by atoms with Gasteiger partial charge in [-0.25, -0.2) is 0 Å². The SMILES string of the molecule is C=C1C(SC)CC(=O)N1c1ccc(C)cc1. The number of hydrogen-bond acceptors (Lipinski definition) is 2. The maximum atomic E-state index is 11.9. The van der Waals surface area contributed by atoms with Crippen LogP contribution < -0.4 is 4.90 Å². The van der Waals surface area contributed by atoms with Crippen LogP contribution in [0.4, 0.5) is 5.69 Å². The lowest BCUT2D eigenvalue weighted by Gasteiger charge is -2.18. The predicted octanol–water partition coefficient (Wildman–Crippen LogP) is 2.98. The van der Waals surface area contributed by atoms with Crippen LogP contribution in [0.15, 0.2) is 36.5 Å². The van der Waals surface area contributed by atoms with Crippen molar-refractivity contribution >= 4 is 23.4 Å². The highest BCUT2D eigenvalue weighted by Gasteiger charge is 2.33. The van der Waals surface area contributed by atoms with Gasteiger partial charge >= 0.3 is 0 Å². The maximum Gasteiger partial charge on any atom is 0.232 e. The normalized spacial score (nSPS) is 20.6. The first-order valence-electron chi connectivity index (χ1n) is 5.24. The molecule has 1 aromatic carbocycles. The van der Waals surface area contributed by atoms with E-state index in [1.165, 1.54) is 5.56 Å². The van der Waals surface area contributed by atoms with Crippen molar-refractivity contribution in [2.75, 3.05) is 11.2 Å². The Morgan fingerprint density at radius 2 is 2.00 bits per heavy atom. The Morgan fingerprint density at radius 1 is 1.38 bits per heavy atom. The molecule has 1 saturated heterocycles. The van der Waals surface area contributed by atoms with E-state index < -0.39 is 0 Å². The van der Waals surface area contributed by atoms with Gasteiger partial charge in [-0.05, 0) is 25.3 Å². The fraction of sp³-hybridized carbons (Fsp3) is 0.308. The topological polar surface area (TPSA) is 20.3 Å². The number of hydrogen-bond donors (Lipinski definition) is 0. The number of anilines is 1. The number of rotatable bonds is 2. The van der Waals surface area contributed by atoms with Crippen molar-refractivity contribution < 1.29 is 4.79 Å². The summed E-state index contributed by atoms with van der Waals surface area (Å²) in [5, 5.41) is 0.230. The molecule has 0 spiro atoms. The molecule has 84 valence electrons. The highest BCUT2D eigenvalue weighted by Crippen LogP contribution is 2.34. The molecular formula is C13H15NOS. The third kappa shape index (κ3) is 1.87. The van der Waals surface area contributed by atoms with Gasteiger partial charge in [0, 0.05) is 17.8 Å². The van der Waals surface area contributed by atoms with E-state index in [2.05, 4.69) is 6.58 Å². The molecule has 16 heavy (non-hydrogen) atoms. The molecule has 1 aliphatic heterocycles. The van der Waals surface area contributed by atoms with Gasteiger partial charge in [0.05, 0.1) is 5.25 Å². The fourth-order valence-electron chi connectivity index (χ4n) is 1.89. The molecule has 1 aliphatic rings. The summed E-state index contributed by atoms with van der Waals surface area (Å²) in [7, 11) is 0. The zero-order chi connectivity index (χ0) is 11.7. The van der Waals surface area contributed by atoms with Gasteiger partial charge < -0.3 is 0 Å². The van der Waals surface area contributed by atoms with Crippen molar-refractivity contribution in [2.45, 2.75) is 18.6 Å². The smallest absolute Gasteiger partial charge is 0.232 e. The zero-order valence-corrected chi connectivity index (χ0v) is 10.4. The molecule has 0 aromatic heterocycles. The van der Waals surface area contributed by atoms with Crippen molar-refractivity contribution in [2.24, 2.45) is 0 Å². The number of nitrogens with zero attached hydrogens (tertiary/aromatic N) is 1. The Labute approximate surface area is 100 Å². The maximum absolute atomic E-state index is 11.9. The van der Waals surface area contributed by atoms with Crippen molar-refractivity contribution in [3.8, 4) is 0 Å². The lowest BCUT2D eigenvalue weighted by molar-refractivity contribution is -0.116. The molecule has 1 amide bonds. The summed E-state index contributed by atoms with van der Waals surface area (Å²) in [4.78, 5) is 13.6. The van der Waals surface area contributed by atoms with Crippen molar-refractivity contribution in [1.82, 2.24) is 0 Å². The number of amides is 1. The Kier molecular flexibility index (Phi) is 3.06. The van der Waals surface area contributed by atoms with Crippen LogP contribution in [0.3, 0.4) is 0 Å². The van der Waals surface area contributed by atoms with E-state index in [-0.39, 0.29) is 11.2 Å². The minimum absolute atomic E-state index is 0.146. The molecule has 0 N–H and O–H groups in total. The molecule has 0 aliphatic carbocycles. The van der Waals surface area contributed by atoms with Crippen LogP contribution in [0, 0.1) is 6.92 Å². The minimum atomic E-state index is 0.146. The van der Waals surface area contributed by atoms with E-state index in [1.807, 2.05) is 37.4 Å². The first-order chi connectivity index (χ1) is 7.63. The third-order valence-electron chi connectivity index (χ3n) is 2.84. The molecular weight excluding hydrogens is 218 g/mol. The second-order valence-corrected chi connectivity index (χ2v) is 5.02. The summed E-state index contributed by atoms with van der Waals surface area (Å²) in [5.74, 6) is 0.146. The third-order valence-corrected chi connectivity index (χ3v) is 3.85. The van der Waals surface area contributed by atoms with E-state index in [0.29, 0.717) is 6.42 Å². The molecule has 2 rings (SSSR count). The lowest BCUT2D eigenvalue weighted by Crippen LogP contribution is -2.22. The molecule has 0 saturated carbocycles. The summed E-state index contributed by atoms with van der Waals surface area (Å²) in [6.45, 7) is 6.06. The molecule has 1 aromatic rings. The first-order valence-corrected chi connectivity index (χ1v) is 6.53. The summed E-state index contributed by atoms with van der Waals surface area (Å²) < 4.78 is 0. The van der Waals surface area contributed by atoms with Gasteiger partial charge in [-0.1, -0.05) is 24.3 Å². The largest absolute Gasteiger partial charge is 0.284 e. The summed E-state index contributed by atoms with van der Waals surface area (Å²) in [6, 6.07) is 7.98. The summed E-state index contributed by atoms with van der Waals surface area (Å²) in [5.41, 5.74) is 3.03. The van der Waals surface area contributed by atoms with Gasteiger partial charge in [-0.3, -0.25) is 9.69 Å². The predicted molar refractivity (Wildman–Crippen MR) is 69.7 cm³/mol. The Bertz CT molecular complexity index is 424.